The van der Waals surface area contributed by atoms with Crippen molar-refractivity contribution in [3.63, 3.8) is 0 Å². The van der Waals surface area contributed by atoms with Gasteiger partial charge in [0.1, 0.15) is 5.78 Å². The first-order chi connectivity index (χ1) is 16.5. The van der Waals surface area contributed by atoms with E-state index in [0.717, 1.165) is 25.7 Å². The van der Waals surface area contributed by atoms with Gasteiger partial charge in [0, 0.05) is 17.8 Å². The van der Waals surface area contributed by atoms with E-state index >= 15 is 0 Å². The van der Waals surface area contributed by atoms with Gasteiger partial charge in [-0.3, -0.25) is 9.59 Å². The molecule has 5 heteroatoms. The van der Waals surface area contributed by atoms with E-state index in [2.05, 4.69) is 40.7 Å². The van der Waals surface area contributed by atoms with E-state index in [1.807, 2.05) is 6.08 Å². The number of carbonyl (C=O) groups excluding carboxylic acids is 2. The average Bonchev–Trinajstić information content (AvgIpc) is 2.98. The third kappa shape index (κ3) is 3.95. The Kier molecular flexibility index (Phi) is 6.74. The Morgan fingerprint density at radius 1 is 1.22 bits per heavy atom. The van der Waals surface area contributed by atoms with Crippen molar-refractivity contribution in [1.82, 2.24) is 0 Å². The van der Waals surface area contributed by atoms with Crippen molar-refractivity contribution in [2.45, 2.75) is 105 Å². The summed E-state index contributed by atoms with van der Waals surface area (Å²) in [6.45, 7) is 14.7. The third-order valence-corrected chi connectivity index (χ3v) is 11.5. The van der Waals surface area contributed by atoms with Crippen molar-refractivity contribution >= 4 is 11.8 Å². The van der Waals surface area contributed by atoms with Crippen molar-refractivity contribution in [1.29, 1.82) is 0 Å². The van der Waals surface area contributed by atoms with Gasteiger partial charge in [0.05, 0.1) is 24.7 Å². The number of esters is 1. The molecule has 0 aromatic rings. The standard InChI is InChI=1S/C31H48O5/c1-27(2,35)15-9-10-19(26(34)36-8)25-22(32)18-31(7)21-11-12-23-28(3,4)24(33)14-16-29(23,5)20(21)13-17-30(25,31)6/h9,11,15,19-20,22-23,25,32,35H,10,12-14,16-18H2,1-8H3/b15-9+/t19?,20-,22-,23-,25+,29+,30-,31+/m0/s1. The molecule has 202 valence electrons. The van der Waals surface area contributed by atoms with Crippen LogP contribution in [0.25, 0.3) is 0 Å². The Hall–Kier alpha value is -1.46. The predicted molar refractivity (Wildman–Crippen MR) is 141 cm³/mol. The molecule has 0 radical (unpaired) electrons. The lowest BCUT2D eigenvalue weighted by atomic mass is 9.41. The first-order valence-corrected chi connectivity index (χ1v) is 13.9. The third-order valence-electron chi connectivity index (χ3n) is 11.5. The summed E-state index contributed by atoms with van der Waals surface area (Å²) in [6, 6.07) is 0. The monoisotopic (exact) mass is 500 g/mol. The maximum absolute atomic E-state index is 13.1. The molecule has 0 aromatic carbocycles. The van der Waals surface area contributed by atoms with Gasteiger partial charge in [-0.2, -0.15) is 0 Å². The van der Waals surface area contributed by atoms with E-state index in [9.17, 15) is 19.8 Å². The van der Waals surface area contributed by atoms with Crippen LogP contribution in [0.4, 0.5) is 0 Å². The number of ether oxygens (including phenoxy) is 1. The van der Waals surface area contributed by atoms with Gasteiger partial charge < -0.3 is 14.9 Å². The summed E-state index contributed by atoms with van der Waals surface area (Å²) < 4.78 is 5.25. The van der Waals surface area contributed by atoms with Crippen LogP contribution in [0.2, 0.25) is 0 Å². The highest BCUT2D eigenvalue weighted by Gasteiger charge is 2.68. The van der Waals surface area contributed by atoms with Gasteiger partial charge in [-0.25, -0.2) is 0 Å². The summed E-state index contributed by atoms with van der Waals surface area (Å²) >= 11 is 0. The predicted octanol–water partition coefficient (Wildman–Crippen LogP) is 5.64. The molecule has 4 aliphatic carbocycles. The van der Waals surface area contributed by atoms with Crippen LogP contribution < -0.4 is 0 Å². The minimum Gasteiger partial charge on any atom is -0.469 e. The summed E-state index contributed by atoms with van der Waals surface area (Å²) in [5.41, 5.74) is -0.203. The highest BCUT2D eigenvalue weighted by molar-refractivity contribution is 5.85. The lowest BCUT2D eigenvalue weighted by Gasteiger charge is -2.63. The molecule has 4 aliphatic rings. The Labute approximate surface area is 217 Å². The summed E-state index contributed by atoms with van der Waals surface area (Å²) in [4.78, 5) is 25.9. The second-order valence-electron chi connectivity index (χ2n) is 14.2. The van der Waals surface area contributed by atoms with Gasteiger partial charge in [-0.15, -0.1) is 0 Å². The van der Waals surface area contributed by atoms with Crippen LogP contribution in [-0.4, -0.2) is 40.8 Å². The van der Waals surface area contributed by atoms with Crippen molar-refractivity contribution in [2.24, 2.45) is 45.3 Å². The Morgan fingerprint density at radius 2 is 1.89 bits per heavy atom. The lowest BCUT2D eigenvalue weighted by molar-refractivity contribution is -0.153. The molecule has 1 unspecified atom stereocenters. The Bertz CT molecular complexity index is 970. The molecule has 0 heterocycles. The number of Topliss-reactive ketones (excluding diaryl/α,β-unsaturated/α-hetero) is 1. The number of hydrogen-bond acceptors (Lipinski definition) is 5. The van der Waals surface area contributed by atoms with Crippen LogP contribution in [0.15, 0.2) is 23.8 Å². The first kappa shape index (κ1) is 27.6. The van der Waals surface area contributed by atoms with E-state index in [-0.39, 0.29) is 33.5 Å². The highest BCUT2D eigenvalue weighted by Crippen LogP contribution is 2.73. The zero-order valence-corrected chi connectivity index (χ0v) is 23.7. The van der Waals surface area contributed by atoms with E-state index in [0.29, 0.717) is 36.9 Å². The number of hydrogen-bond donors (Lipinski definition) is 2. The van der Waals surface area contributed by atoms with Crippen molar-refractivity contribution < 1.29 is 24.5 Å². The zero-order chi connectivity index (χ0) is 26.9. The molecule has 0 spiro atoms. The fraction of sp³-hybridized carbons (Fsp3) is 0.806. The number of carbonyl (C=O) groups is 2. The maximum atomic E-state index is 13.1. The molecule has 3 saturated carbocycles. The molecule has 3 fully saturated rings. The van der Waals surface area contributed by atoms with E-state index in [1.54, 1.807) is 19.9 Å². The van der Waals surface area contributed by atoms with Crippen LogP contribution in [0.5, 0.6) is 0 Å². The van der Waals surface area contributed by atoms with Crippen LogP contribution in [0.3, 0.4) is 0 Å². The molecular weight excluding hydrogens is 452 g/mol. The van der Waals surface area contributed by atoms with Crippen LogP contribution >= 0.6 is 0 Å². The van der Waals surface area contributed by atoms with Crippen LogP contribution in [0.1, 0.15) is 93.4 Å². The van der Waals surface area contributed by atoms with Crippen molar-refractivity contribution in [3.8, 4) is 0 Å². The Balaban J connectivity index is 1.72. The molecule has 36 heavy (non-hydrogen) atoms. The van der Waals surface area contributed by atoms with Crippen molar-refractivity contribution in [3.05, 3.63) is 23.8 Å². The zero-order valence-electron chi connectivity index (χ0n) is 23.7. The number of aliphatic hydroxyl groups is 2. The molecule has 0 aliphatic heterocycles. The fourth-order valence-corrected chi connectivity index (χ4v) is 9.38. The summed E-state index contributed by atoms with van der Waals surface area (Å²) in [6.07, 6.45) is 10.9. The molecule has 0 saturated heterocycles. The second kappa shape index (κ2) is 8.80. The fourth-order valence-electron chi connectivity index (χ4n) is 9.38. The second-order valence-corrected chi connectivity index (χ2v) is 14.2. The summed E-state index contributed by atoms with van der Waals surface area (Å²) in [7, 11) is 1.42. The molecule has 8 atom stereocenters. The number of allylic oxidation sites excluding steroid dienone is 3. The number of fused-ring (bicyclic) bond motifs is 5. The minimum absolute atomic E-state index is 0.0755. The lowest BCUT2D eigenvalue weighted by Crippen LogP contribution is -2.57. The molecule has 5 nitrogen and oxygen atoms in total. The van der Waals surface area contributed by atoms with Gasteiger partial charge in [-0.05, 0) is 80.5 Å². The summed E-state index contributed by atoms with van der Waals surface area (Å²) in [5.74, 6) is 0.155. The number of rotatable bonds is 5. The van der Waals surface area contributed by atoms with E-state index in [1.165, 1.54) is 12.7 Å². The molecular formula is C31H48O5. The minimum atomic E-state index is -0.959. The summed E-state index contributed by atoms with van der Waals surface area (Å²) in [5, 5.41) is 21.7. The van der Waals surface area contributed by atoms with Gasteiger partial charge in [0.25, 0.3) is 0 Å². The molecule has 0 amide bonds. The van der Waals surface area contributed by atoms with Gasteiger partial charge in [0.15, 0.2) is 0 Å². The SMILES string of the molecule is COC(=O)C(C/C=C/C(C)(C)O)[C@@H]1[C@@H](O)C[C@]2(C)C3=CC[C@H]4C(C)(C)C(=O)CC[C@]4(C)[C@H]3CC[C@@]12C. The highest BCUT2D eigenvalue weighted by atomic mass is 16.5. The normalized spacial score (nSPS) is 42.8. The van der Waals surface area contributed by atoms with Gasteiger partial charge in [0.2, 0.25) is 0 Å². The molecule has 2 N–H and O–H groups in total. The number of aliphatic hydroxyl groups excluding tert-OH is 1. The molecule has 0 bridgehead atoms. The topological polar surface area (TPSA) is 83.8 Å². The quantitative estimate of drug-likeness (QED) is 0.377. The smallest absolute Gasteiger partial charge is 0.309 e. The molecule has 0 aromatic heterocycles. The Morgan fingerprint density at radius 3 is 2.50 bits per heavy atom. The van der Waals surface area contributed by atoms with E-state index < -0.39 is 17.6 Å². The van der Waals surface area contributed by atoms with Crippen LogP contribution in [0, 0.1) is 45.3 Å². The maximum Gasteiger partial charge on any atom is 0.309 e. The van der Waals surface area contributed by atoms with E-state index in [4.69, 9.17) is 4.74 Å². The average molecular weight is 501 g/mol. The van der Waals surface area contributed by atoms with Gasteiger partial charge in [-0.1, -0.05) is 58.4 Å². The molecule has 4 rings (SSSR count). The van der Waals surface area contributed by atoms with Gasteiger partial charge >= 0.3 is 5.97 Å². The number of methoxy groups -OCH3 is 1. The van der Waals surface area contributed by atoms with Crippen molar-refractivity contribution in [2.75, 3.05) is 7.11 Å². The number of ketones is 1. The largest absolute Gasteiger partial charge is 0.469 e. The van der Waals surface area contributed by atoms with Crippen LogP contribution in [-0.2, 0) is 14.3 Å². The first-order valence-electron chi connectivity index (χ1n) is 13.9.